The first-order valence-electron chi connectivity index (χ1n) is 7.23. The number of esters is 1. The van der Waals surface area contributed by atoms with E-state index in [1.54, 1.807) is 0 Å². The normalized spacial score (nSPS) is 47.9. The van der Waals surface area contributed by atoms with Gasteiger partial charge in [-0.1, -0.05) is 20.3 Å². The van der Waals surface area contributed by atoms with Gasteiger partial charge in [0.2, 0.25) is 0 Å². The highest BCUT2D eigenvalue weighted by Gasteiger charge is 2.60. The highest BCUT2D eigenvalue weighted by Crippen LogP contribution is 2.60. The molecule has 0 radical (unpaired) electrons. The van der Waals surface area contributed by atoms with Crippen molar-refractivity contribution in [1.29, 1.82) is 0 Å². The molecule has 1 fully saturated rings. The Hall–Kier alpha value is -0.910. The van der Waals surface area contributed by atoms with Crippen LogP contribution in [0.4, 0.5) is 0 Å². The number of fused-ring (bicyclic) bond motifs is 2. The zero-order valence-corrected chi connectivity index (χ0v) is 11.9. The van der Waals surface area contributed by atoms with E-state index < -0.39 is 29.0 Å². The fourth-order valence-corrected chi connectivity index (χ4v) is 4.79. The van der Waals surface area contributed by atoms with Gasteiger partial charge in [0.05, 0.1) is 11.7 Å². The molecule has 3 rings (SSSR count). The van der Waals surface area contributed by atoms with Gasteiger partial charge in [-0.2, -0.15) is 0 Å². The average Bonchev–Trinajstić information content (AvgIpc) is 2.79. The lowest BCUT2D eigenvalue weighted by atomic mass is 9.49. The van der Waals surface area contributed by atoms with Crippen LogP contribution < -0.4 is 0 Å². The van der Waals surface area contributed by atoms with Crippen molar-refractivity contribution in [3.05, 3.63) is 11.1 Å². The number of hydrogen-bond acceptors (Lipinski definition) is 5. The molecule has 0 saturated heterocycles. The topological polar surface area (TPSA) is 87.0 Å². The van der Waals surface area contributed by atoms with Gasteiger partial charge in [-0.05, 0) is 29.2 Å². The molecule has 20 heavy (non-hydrogen) atoms. The van der Waals surface area contributed by atoms with E-state index in [0.717, 1.165) is 24.8 Å². The Balaban J connectivity index is 2.16. The molecule has 1 heterocycles. The maximum atomic E-state index is 11.8. The number of carbonyl (C=O) groups excluding carboxylic acids is 1. The molecule has 5 nitrogen and oxygen atoms in total. The van der Waals surface area contributed by atoms with Crippen LogP contribution in [0, 0.1) is 16.7 Å². The fraction of sp³-hybridized carbons (Fsp3) is 0.800. The molecular weight excluding hydrogens is 260 g/mol. The molecule has 0 spiro atoms. The van der Waals surface area contributed by atoms with E-state index in [0.29, 0.717) is 0 Å². The molecule has 0 aromatic rings. The van der Waals surface area contributed by atoms with E-state index in [-0.39, 0.29) is 24.7 Å². The second kappa shape index (κ2) is 4.29. The SMILES string of the molecule is C[C@]1(CO)CCC[C@]2(C)C3=C(C(=O)OC3)[C@@H](O)[C@@H](O)[C@@H]12. The minimum absolute atomic E-state index is 0.0333. The molecule has 5 atom stereocenters. The summed E-state index contributed by atoms with van der Waals surface area (Å²) in [6.45, 7) is 4.15. The predicted molar refractivity (Wildman–Crippen MR) is 70.6 cm³/mol. The molecule has 0 bridgehead atoms. The van der Waals surface area contributed by atoms with Crippen LogP contribution >= 0.6 is 0 Å². The minimum Gasteiger partial charge on any atom is -0.458 e. The van der Waals surface area contributed by atoms with Crippen LogP contribution in [0.1, 0.15) is 33.1 Å². The highest BCUT2D eigenvalue weighted by atomic mass is 16.5. The maximum Gasteiger partial charge on any atom is 0.337 e. The molecule has 1 saturated carbocycles. The molecule has 0 amide bonds. The predicted octanol–water partition coefficient (Wildman–Crippen LogP) is 0.380. The standard InChI is InChI=1S/C15H22O5/c1-14(7-16)4-3-5-15(2)8-6-20-13(19)9(8)10(17)11(18)12(14)15/h10-12,16-18H,3-7H2,1-2H3/t10-,11-,12+,14-,15-/m1/s1. The average molecular weight is 282 g/mol. The molecule has 0 aromatic heterocycles. The number of cyclic esters (lactones) is 1. The van der Waals surface area contributed by atoms with E-state index in [2.05, 4.69) is 0 Å². The van der Waals surface area contributed by atoms with Gasteiger partial charge in [-0.15, -0.1) is 0 Å². The van der Waals surface area contributed by atoms with E-state index in [1.165, 1.54) is 0 Å². The second-order valence-corrected chi connectivity index (χ2v) is 6.96. The molecule has 2 aliphatic carbocycles. The largest absolute Gasteiger partial charge is 0.458 e. The van der Waals surface area contributed by atoms with Crippen molar-refractivity contribution >= 4 is 5.97 Å². The summed E-state index contributed by atoms with van der Waals surface area (Å²) in [6.07, 6.45) is 0.332. The van der Waals surface area contributed by atoms with Crippen molar-refractivity contribution in [3.63, 3.8) is 0 Å². The van der Waals surface area contributed by atoms with Crippen LogP contribution in [0.15, 0.2) is 11.1 Å². The third-order valence-electron chi connectivity index (χ3n) is 5.79. The first-order chi connectivity index (χ1) is 9.35. The Kier molecular flexibility index (Phi) is 3.01. The zero-order valence-electron chi connectivity index (χ0n) is 11.9. The van der Waals surface area contributed by atoms with Crippen LogP contribution in [0.5, 0.6) is 0 Å². The molecule has 5 heteroatoms. The molecule has 112 valence electrons. The Bertz CT molecular complexity index is 485. The smallest absolute Gasteiger partial charge is 0.337 e. The molecule has 0 aromatic carbocycles. The van der Waals surface area contributed by atoms with Crippen molar-refractivity contribution in [2.24, 2.45) is 16.7 Å². The summed E-state index contributed by atoms with van der Waals surface area (Å²) >= 11 is 0. The fourth-order valence-electron chi connectivity index (χ4n) is 4.79. The monoisotopic (exact) mass is 282 g/mol. The third kappa shape index (κ3) is 1.57. The van der Waals surface area contributed by atoms with E-state index in [9.17, 15) is 20.1 Å². The maximum absolute atomic E-state index is 11.8. The van der Waals surface area contributed by atoms with Gasteiger partial charge >= 0.3 is 5.97 Å². The molecule has 0 unspecified atom stereocenters. The zero-order chi connectivity index (χ0) is 14.7. The van der Waals surface area contributed by atoms with Gasteiger partial charge in [0.25, 0.3) is 0 Å². The molecule has 3 aliphatic rings. The van der Waals surface area contributed by atoms with Gasteiger partial charge in [0, 0.05) is 12.5 Å². The second-order valence-electron chi connectivity index (χ2n) is 6.96. The van der Waals surface area contributed by atoms with Crippen molar-refractivity contribution < 1.29 is 24.9 Å². The lowest BCUT2D eigenvalue weighted by molar-refractivity contribution is -0.143. The number of rotatable bonds is 1. The summed E-state index contributed by atoms with van der Waals surface area (Å²) in [5.74, 6) is -0.778. The van der Waals surface area contributed by atoms with Gasteiger partial charge in [0.15, 0.2) is 0 Å². The van der Waals surface area contributed by atoms with Gasteiger partial charge in [-0.3, -0.25) is 0 Å². The van der Waals surface area contributed by atoms with Gasteiger partial charge < -0.3 is 20.1 Å². The Morgan fingerprint density at radius 1 is 1.30 bits per heavy atom. The number of ether oxygens (including phenoxy) is 1. The minimum atomic E-state index is -1.21. The van der Waals surface area contributed by atoms with Crippen LogP contribution in [0.3, 0.4) is 0 Å². The molecule has 1 aliphatic heterocycles. The Morgan fingerprint density at radius 3 is 2.65 bits per heavy atom. The van der Waals surface area contributed by atoms with Crippen molar-refractivity contribution in [2.75, 3.05) is 13.2 Å². The first kappa shape index (κ1) is 14.0. The lowest BCUT2D eigenvalue weighted by Crippen LogP contribution is -2.58. The van der Waals surface area contributed by atoms with E-state index >= 15 is 0 Å². The van der Waals surface area contributed by atoms with Gasteiger partial charge in [-0.25, -0.2) is 4.79 Å². The van der Waals surface area contributed by atoms with Crippen molar-refractivity contribution in [1.82, 2.24) is 0 Å². The Labute approximate surface area is 118 Å². The summed E-state index contributed by atoms with van der Waals surface area (Å²) in [5.41, 5.74) is 0.232. The number of carbonyl (C=O) groups is 1. The van der Waals surface area contributed by atoms with Crippen LogP contribution in [0.2, 0.25) is 0 Å². The highest BCUT2D eigenvalue weighted by molar-refractivity contribution is 5.93. The number of aliphatic hydroxyl groups excluding tert-OH is 3. The van der Waals surface area contributed by atoms with Gasteiger partial charge in [0.1, 0.15) is 12.7 Å². The summed E-state index contributed by atoms with van der Waals surface area (Å²) in [5, 5.41) is 30.7. The summed E-state index contributed by atoms with van der Waals surface area (Å²) in [6, 6.07) is 0. The van der Waals surface area contributed by atoms with E-state index in [1.807, 2.05) is 13.8 Å². The van der Waals surface area contributed by atoms with Crippen LogP contribution in [-0.2, 0) is 9.53 Å². The van der Waals surface area contributed by atoms with Crippen LogP contribution in [-0.4, -0.2) is 46.7 Å². The quantitative estimate of drug-likeness (QED) is 0.605. The number of hydrogen-bond donors (Lipinski definition) is 3. The Morgan fingerprint density at radius 2 is 2.00 bits per heavy atom. The molecular formula is C15H22O5. The van der Waals surface area contributed by atoms with E-state index in [4.69, 9.17) is 4.74 Å². The van der Waals surface area contributed by atoms with Crippen molar-refractivity contribution in [2.45, 2.75) is 45.3 Å². The summed E-state index contributed by atoms with van der Waals surface area (Å²) in [4.78, 5) is 11.8. The summed E-state index contributed by atoms with van der Waals surface area (Å²) in [7, 11) is 0. The van der Waals surface area contributed by atoms with Crippen LogP contribution in [0.25, 0.3) is 0 Å². The van der Waals surface area contributed by atoms with Crippen molar-refractivity contribution in [3.8, 4) is 0 Å². The molecule has 3 N–H and O–H groups in total. The third-order valence-corrected chi connectivity index (χ3v) is 5.79. The summed E-state index contributed by atoms with van der Waals surface area (Å²) < 4.78 is 5.09. The first-order valence-corrected chi connectivity index (χ1v) is 7.23. The lowest BCUT2D eigenvalue weighted by Gasteiger charge is -2.56. The number of aliphatic hydroxyl groups is 3.